The third-order valence-electron chi connectivity index (χ3n) is 4.06. The van der Waals surface area contributed by atoms with Crippen LogP contribution < -0.4 is 0 Å². The molecule has 0 unspecified atom stereocenters. The summed E-state index contributed by atoms with van der Waals surface area (Å²) in [5, 5.41) is 0. The van der Waals surface area contributed by atoms with Crippen LogP contribution in [0, 0.1) is 0 Å². The zero-order valence-corrected chi connectivity index (χ0v) is 11.2. The zero-order chi connectivity index (χ0) is 12.8. The van der Waals surface area contributed by atoms with E-state index in [0.29, 0.717) is 13.0 Å². The molecule has 1 aliphatic rings. The molecule has 0 aromatic heterocycles. The SMILES string of the molecule is CCOC(=O)CCC1(c2ccccc2)CCCC1. The van der Waals surface area contributed by atoms with Crippen molar-refractivity contribution in [2.24, 2.45) is 0 Å². The molecule has 2 rings (SSSR count). The van der Waals surface area contributed by atoms with E-state index in [1.54, 1.807) is 0 Å². The Morgan fingerprint density at radius 1 is 1.22 bits per heavy atom. The molecule has 1 aliphatic carbocycles. The summed E-state index contributed by atoms with van der Waals surface area (Å²) in [4.78, 5) is 11.6. The van der Waals surface area contributed by atoms with E-state index in [1.165, 1.54) is 31.2 Å². The molecule has 0 aliphatic heterocycles. The van der Waals surface area contributed by atoms with Crippen molar-refractivity contribution < 1.29 is 9.53 Å². The molecular formula is C16H22O2. The lowest BCUT2D eigenvalue weighted by Crippen LogP contribution is -2.23. The van der Waals surface area contributed by atoms with Gasteiger partial charge in [0, 0.05) is 6.42 Å². The van der Waals surface area contributed by atoms with Gasteiger partial charge >= 0.3 is 5.97 Å². The van der Waals surface area contributed by atoms with Crippen molar-refractivity contribution in [3.8, 4) is 0 Å². The summed E-state index contributed by atoms with van der Waals surface area (Å²) < 4.78 is 5.04. The molecule has 1 saturated carbocycles. The Kier molecular flexibility index (Phi) is 4.40. The lowest BCUT2D eigenvalue weighted by molar-refractivity contribution is -0.143. The second kappa shape index (κ2) is 6.03. The molecule has 1 fully saturated rings. The van der Waals surface area contributed by atoms with Crippen molar-refractivity contribution >= 4 is 5.97 Å². The van der Waals surface area contributed by atoms with Gasteiger partial charge in [0.05, 0.1) is 6.61 Å². The summed E-state index contributed by atoms with van der Waals surface area (Å²) in [5.74, 6) is -0.0558. The van der Waals surface area contributed by atoms with Crippen molar-refractivity contribution in [2.75, 3.05) is 6.61 Å². The lowest BCUT2D eigenvalue weighted by Gasteiger charge is -2.29. The number of benzene rings is 1. The number of carbonyl (C=O) groups is 1. The van der Waals surface area contributed by atoms with Crippen molar-refractivity contribution in [1.82, 2.24) is 0 Å². The molecule has 0 bridgehead atoms. The number of esters is 1. The van der Waals surface area contributed by atoms with Gasteiger partial charge in [0.2, 0.25) is 0 Å². The highest BCUT2D eigenvalue weighted by Crippen LogP contribution is 2.44. The fraction of sp³-hybridized carbons (Fsp3) is 0.562. The minimum Gasteiger partial charge on any atom is -0.466 e. The summed E-state index contributed by atoms with van der Waals surface area (Å²) in [6.07, 6.45) is 6.43. The molecule has 0 saturated heterocycles. The first kappa shape index (κ1) is 13.1. The van der Waals surface area contributed by atoms with Crippen LogP contribution in [-0.4, -0.2) is 12.6 Å². The second-order valence-corrected chi connectivity index (χ2v) is 5.16. The van der Waals surface area contributed by atoms with E-state index in [0.717, 1.165) is 6.42 Å². The van der Waals surface area contributed by atoms with Crippen molar-refractivity contribution in [1.29, 1.82) is 0 Å². The highest BCUT2D eigenvalue weighted by Gasteiger charge is 2.35. The first-order chi connectivity index (χ1) is 8.77. The Morgan fingerprint density at radius 3 is 2.50 bits per heavy atom. The van der Waals surface area contributed by atoms with Gasteiger partial charge in [0.1, 0.15) is 0 Å². The fourth-order valence-electron chi connectivity index (χ4n) is 3.10. The van der Waals surface area contributed by atoms with Crippen LogP contribution in [0.4, 0.5) is 0 Å². The number of carbonyl (C=O) groups excluding carboxylic acids is 1. The Bertz CT molecular complexity index is 377. The molecule has 0 atom stereocenters. The van der Waals surface area contributed by atoms with E-state index < -0.39 is 0 Å². The third-order valence-corrected chi connectivity index (χ3v) is 4.06. The van der Waals surface area contributed by atoms with Gasteiger partial charge in [-0.1, -0.05) is 43.2 Å². The molecule has 0 spiro atoms. The topological polar surface area (TPSA) is 26.3 Å². The van der Waals surface area contributed by atoms with Gasteiger partial charge < -0.3 is 4.74 Å². The van der Waals surface area contributed by atoms with Crippen molar-refractivity contribution in [2.45, 2.75) is 50.9 Å². The summed E-state index contributed by atoms with van der Waals surface area (Å²) >= 11 is 0. The summed E-state index contributed by atoms with van der Waals surface area (Å²) in [7, 11) is 0. The van der Waals surface area contributed by atoms with E-state index in [4.69, 9.17) is 4.74 Å². The zero-order valence-electron chi connectivity index (χ0n) is 11.2. The molecular weight excluding hydrogens is 224 g/mol. The quantitative estimate of drug-likeness (QED) is 0.738. The van der Waals surface area contributed by atoms with Crippen LogP contribution in [0.1, 0.15) is 51.0 Å². The smallest absolute Gasteiger partial charge is 0.305 e. The van der Waals surface area contributed by atoms with Gasteiger partial charge in [-0.2, -0.15) is 0 Å². The second-order valence-electron chi connectivity index (χ2n) is 5.16. The number of ether oxygens (including phenoxy) is 1. The first-order valence-electron chi connectivity index (χ1n) is 6.98. The van der Waals surface area contributed by atoms with Crippen LogP contribution >= 0.6 is 0 Å². The molecule has 2 nitrogen and oxygen atoms in total. The van der Waals surface area contributed by atoms with Gasteiger partial charge in [-0.25, -0.2) is 0 Å². The minimum absolute atomic E-state index is 0.0558. The number of hydrogen-bond acceptors (Lipinski definition) is 2. The Labute approximate surface area is 109 Å². The molecule has 0 radical (unpaired) electrons. The largest absolute Gasteiger partial charge is 0.466 e. The monoisotopic (exact) mass is 246 g/mol. The Balaban J connectivity index is 2.06. The average molecular weight is 246 g/mol. The molecule has 0 amide bonds. The van der Waals surface area contributed by atoms with Gasteiger partial charge in [0.15, 0.2) is 0 Å². The third kappa shape index (κ3) is 2.92. The molecule has 1 aromatic carbocycles. The normalized spacial score (nSPS) is 17.6. The highest BCUT2D eigenvalue weighted by molar-refractivity contribution is 5.69. The standard InChI is InChI=1S/C16H22O2/c1-2-18-15(17)10-13-16(11-6-7-12-16)14-8-4-3-5-9-14/h3-5,8-9H,2,6-7,10-13H2,1H3. The summed E-state index contributed by atoms with van der Waals surface area (Å²) in [6, 6.07) is 10.7. The van der Waals surface area contributed by atoms with Crippen LogP contribution in [0.3, 0.4) is 0 Å². The molecule has 0 N–H and O–H groups in total. The minimum atomic E-state index is -0.0558. The maximum atomic E-state index is 11.6. The summed E-state index contributed by atoms with van der Waals surface area (Å²) in [5.41, 5.74) is 1.61. The predicted octanol–water partition coefficient (Wildman–Crippen LogP) is 3.84. The van der Waals surface area contributed by atoms with Crippen LogP contribution in [0.2, 0.25) is 0 Å². The predicted molar refractivity (Wildman–Crippen MR) is 72.5 cm³/mol. The van der Waals surface area contributed by atoms with Gasteiger partial charge in [-0.05, 0) is 37.2 Å². The Morgan fingerprint density at radius 2 is 1.89 bits per heavy atom. The molecule has 98 valence electrons. The van der Waals surface area contributed by atoms with Crippen molar-refractivity contribution in [3.63, 3.8) is 0 Å². The van der Waals surface area contributed by atoms with Gasteiger partial charge in [0.25, 0.3) is 0 Å². The molecule has 18 heavy (non-hydrogen) atoms. The molecule has 0 heterocycles. The van der Waals surface area contributed by atoms with Gasteiger partial charge in [-0.15, -0.1) is 0 Å². The molecule has 1 aromatic rings. The first-order valence-corrected chi connectivity index (χ1v) is 6.98. The van der Waals surface area contributed by atoms with Crippen LogP contribution in [0.15, 0.2) is 30.3 Å². The van der Waals surface area contributed by atoms with Gasteiger partial charge in [-0.3, -0.25) is 4.79 Å². The van der Waals surface area contributed by atoms with E-state index in [9.17, 15) is 4.79 Å². The van der Waals surface area contributed by atoms with Crippen molar-refractivity contribution in [3.05, 3.63) is 35.9 Å². The van der Waals surface area contributed by atoms with E-state index in [-0.39, 0.29) is 11.4 Å². The van der Waals surface area contributed by atoms with Crippen LogP contribution in [0.25, 0.3) is 0 Å². The summed E-state index contributed by atoms with van der Waals surface area (Å²) in [6.45, 7) is 2.34. The van der Waals surface area contributed by atoms with E-state index in [1.807, 2.05) is 6.92 Å². The molecule has 2 heteroatoms. The lowest BCUT2D eigenvalue weighted by atomic mass is 9.75. The fourth-order valence-corrected chi connectivity index (χ4v) is 3.10. The highest BCUT2D eigenvalue weighted by atomic mass is 16.5. The Hall–Kier alpha value is -1.31. The number of hydrogen-bond donors (Lipinski definition) is 0. The maximum Gasteiger partial charge on any atom is 0.305 e. The number of rotatable bonds is 5. The van der Waals surface area contributed by atoms with E-state index in [2.05, 4.69) is 30.3 Å². The van der Waals surface area contributed by atoms with Crippen LogP contribution in [0.5, 0.6) is 0 Å². The maximum absolute atomic E-state index is 11.6. The van der Waals surface area contributed by atoms with E-state index >= 15 is 0 Å². The van der Waals surface area contributed by atoms with Crippen LogP contribution in [-0.2, 0) is 14.9 Å². The average Bonchev–Trinajstić information content (AvgIpc) is 2.88.